The third-order valence-electron chi connectivity index (χ3n) is 2.95. The monoisotopic (exact) mass is 258 g/mol. The summed E-state index contributed by atoms with van der Waals surface area (Å²) in [5.74, 6) is -1.14. The molecule has 0 saturated heterocycles. The van der Waals surface area contributed by atoms with Crippen molar-refractivity contribution in [1.29, 1.82) is 0 Å². The highest BCUT2D eigenvalue weighted by atomic mass is 16.4. The minimum Gasteiger partial charge on any atom is -0.480 e. The highest BCUT2D eigenvalue weighted by Crippen LogP contribution is 2.06. The number of hydrogen-bond donors (Lipinski definition) is 2. The molecular formula is C13H26N2O3. The highest BCUT2D eigenvalue weighted by Gasteiger charge is 2.25. The minimum absolute atomic E-state index is 0.189. The van der Waals surface area contributed by atoms with Crippen LogP contribution in [0.2, 0.25) is 0 Å². The number of amides is 1. The van der Waals surface area contributed by atoms with E-state index in [1.54, 1.807) is 0 Å². The summed E-state index contributed by atoms with van der Waals surface area (Å²) in [4.78, 5) is 24.9. The molecular weight excluding hydrogens is 232 g/mol. The SMILES string of the molecule is CCCC[C@H](NC(=O)C(CCC)N(C)C)C(=O)O. The lowest BCUT2D eigenvalue weighted by Gasteiger charge is -2.25. The first-order valence-corrected chi connectivity index (χ1v) is 6.63. The zero-order valence-corrected chi connectivity index (χ0v) is 11.9. The molecule has 0 aromatic rings. The quantitative estimate of drug-likeness (QED) is 0.657. The Hall–Kier alpha value is -1.10. The van der Waals surface area contributed by atoms with Crippen LogP contribution in [0.5, 0.6) is 0 Å². The molecule has 0 saturated carbocycles. The van der Waals surface area contributed by atoms with Gasteiger partial charge >= 0.3 is 5.97 Å². The Morgan fingerprint density at radius 3 is 2.17 bits per heavy atom. The van der Waals surface area contributed by atoms with Crippen molar-refractivity contribution >= 4 is 11.9 Å². The van der Waals surface area contributed by atoms with Crippen molar-refractivity contribution in [3.05, 3.63) is 0 Å². The molecule has 2 N–H and O–H groups in total. The fourth-order valence-corrected chi connectivity index (χ4v) is 1.83. The van der Waals surface area contributed by atoms with Crippen LogP contribution < -0.4 is 5.32 Å². The van der Waals surface area contributed by atoms with Crippen molar-refractivity contribution in [2.75, 3.05) is 14.1 Å². The molecule has 2 atom stereocenters. The lowest BCUT2D eigenvalue weighted by atomic mass is 10.1. The first-order valence-electron chi connectivity index (χ1n) is 6.63. The van der Waals surface area contributed by atoms with Gasteiger partial charge in [0, 0.05) is 0 Å². The van der Waals surface area contributed by atoms with Crippen LogP contribution in [0.1, 0.15) is 46.0 Å². The third-order valence-corrected chi connectivity index (χ3v) is 2.95. The molecule has 0 radical (unpaired) electrons. The summed E-state index contributed by atoms with van der Waals surface area (Å²) in [6.45, 7) is 4.01. The molecule has 0 aliphatic rings. The maximum atomic E-state index is 12.0. The Balaban J connectivity index is 4.50. The first-order chi connectivity index (χ1) is 8.43. The second-order valence-corrected chi connectivity index (χ2v) is 4.81. The van der Waals surface area contributed by atoms with Crippen molar-refractivity contribution in [3.63, 3.8) is 0 Å². The summed E-state index contributed by atoms with van der Waals surface area (Å²) in [6.07, 6.45) is 3.84. The average Bonchev–Trinajstić information content (AvgIpc) is 2.30. The molecule has 0 aromatic heterocycles. The molecule has 0 aromatic carbocycles. The molecule has 0 fully saturated rings. The van der Waals surface area contributed by atoms with E-state index in [9.17, 15) is 9.59 Å². The number of likely N-dealkylation sites (N-methyl/N-ethyl adjacent to an activating group) is 1. The summed E-state index contributed by atoms with van der Waals surface area (Å²) in [7, 11) is 3.67. The maximum Gasteiger partial charge on any atom is 0.326 e. The van der Waals surface area contributed by atoms with Crippen LogP contribution in [0.25, 0.3) is 0 Å². The van der Waals surface area contributed by atoms with Crippen molar-refractivity contribution in [2.45, 2.75) is 58.0 Å². The van der Waals surface area contributed by atoms with Gasteiger partial charge in [-0.2, -0.15) is 0 Å². The number of nitrogens with zero attached hydrogens (tertiary/aromatic N) is 1. The van der Waals surface area contributed by atoms with E-state index in [4.69, 9.17) is 5.11 Å². The smallest absolute Gasteiger partial charge is 0.326 e. The topological polar surface area (TPSA) is 69.6 Å². The van der Waals surface area contributed by atoms with Crippen LogP contribution in [0.4, 0.5) is 0 Å². The number of carbonyl (C=O) groups excluding carboxylic acids is 1. The van der Waals surface area contributed by atoms with Gasteiger partial charge in [-0.3, -0.25) is 9.69 Å². The molecule has 0 aliphatic heterocycles. The zero-order valence-electron chi connectivity index (χ0n) is 11.9. The number of nitrogens with one attached hydrogen (secondary N) is 1. The Kier molecular flexibility index (Phi) is 8.37. The van der Waals surface area contributed by atoms with Gasteiger partial charge in [-0.15, -0.1) is 0 Å². The van der Waals surface area contributed by atoms with Gasteiger partial charge < -0.3 is 10.4 Å². The van der Waals surface area contributed by atoms with E-state index in [1.807, 2.05) is 32.8 Å². The van der Waals surface area contributed by atoms with Crippen molar-refractivity contribution < 1.29 is 14.7 Å². The molecule has 0 spiro atoms. The Morgan fingerprint density at radius 1 is 1.17 bits per heavy atom. The van der Waals surface area contributed by atoms with Gasteiger partial charge in [0.25, 0.3) is 0 Å². The standard InChI is InChI=1S/C13H26N2O3/c1-5-7-9-10(13(17)18)14-12(16)11(8-6-2)15(3)4/h10-11H,5-9H2,1-4H3,(H,14,16)(H,17,18)/t10-,11?/m0/s1. The predicted octanol–water partition coefficient (Wildman–Crippen LogP) is 1.48. The lowest BCUT2D eigenvalue weighted by Crippen LogP contribution is -2.49. The van der Waals surface area contributed by atoms with E-state index in [-0.39, 0.29) is 11.9 Å². The van der Waals surface area contributed by atoms with E-state index in [0.717, 1.165) is 25.7 Å². The van der Waals surface area contributed by atoms with E-state index < -0.39 is 12.0 Å². The Bertz CT molecular complexity index is 267. The van der Waals surface area contributed by atoms with Crippen molar-refractivity contribution in [2.24, 2.45) is 0 Å². The fourth-order valence-electron chi connectivity index (χ4n) is 1.83. The molecule has 0 rings (SSSR count). The summed E-state index contributed by atoms with van der Waals surface area (Å²) >= 11 is 0. The van der Waals surface area contributed by atoms with Crippen LogP contribution in [-0.4, -0.2) is 48.1 Å². The molecule has 5 heteroatoms. The highest BCUT2D eigenvalue weighted by molar-refractivity contribution is 5.86. The number of rotatable bonds is 9. The van der Waals surface area contributed by atoms with Crippen LogP contribution in [0, 0.1) is 0 Å². The van der Waals surface area contributed by atoms with Crippen LogP contribution in [0.15, 0.2) is 0 Å². The van der Waals surface area contributed by atoms with Gasteiger partial charge in [0.2, 0.25) is 5.91 Å². The largest absolute Gasteiger partial charge is 0.480 e. The number of hydrogen-bond acceptors (Lipinski definition) is 3. The number of carboxylic acid groups (broad SMARTS) is 1. The molecule has 5 nitrogen and oxygen atoms in total. The average molecular weight is 258 g/mol. The van der Waals surface area contributed by atoms with Crippen LogP contribution in [-0.2, 0) is 9.59 Å². The van der Waals surface area contributed by atoms with Gasteiger partial charge in [-0.05, 0) is 26.9 Å². The molecule has 1 unspecified atom stereocenters. The molecule has 0 aliphatic carbocycles. The second-order valence-electron chi connectivity index (χ2n) is 4.81. The van der Waals surface area contributed by atoms with E-state index in [0.29, 0.717) is 6.42 Å². The van der Waals surface area contributed by atoms with E-state index >= 15 is 0 Å². The first kappa shape index (κ1) is 16.9. The molecule has 0 bridgehead atoms. The summed E-state index contributed by atoms with van der Waals surface area (Å²) in [5.41, 5.74) is 0. The Labute approximate surface area is 110 Å². The molecule has 106 valence electrons. The van der Waals surface area contributed by atoms with Gasteiger partial charge in [0.05, 0.1) is 6.04 Å². The third kappa shape index (κ3) is 6.00. The van der Waals surface area contributed by atoms with Crippen molar-refractivity contribution in [3.8, 4) is 0 Å². The van der Waals surface area contributed by atoms with Crippen molar-refractivity contribution in [1.82, 2.24) is 10.2 Å². The lowest BCUT2D eigenvalue weighted by molar-refractivity contribution is -0.142. The summed E-state index contributed by atoms with van der Waals surface area (Å²) < 4.78 is 0. The number of unbranched alkanes of at least 4 members (excludes halogenated alkanes) is 1. The maximum absolute atomic E-state index is 12.0. The summed E-state index contributed by atoms with van der Waals surface area (Å²) in [6, 6.07) is -1.02. The van der Waals surface area contributed by atoms with E-state index in [2.05, 4.69) is 5.32 Å². The second kappa shape index (κ2) is 8.91. The molecule has 0 heterocycles. The van der Waals surface area contributed by atoms with Crippen LogP contribution in [0.3, 0.4) is 0 Å². The van der Waals surface area contributed by atoms with Gasteiger partial charge in [-0.1, -0.05) is 33.1 Å². The normalized spacial score (nSPS) is 14.3. The van der Waals surface area contributed by atoms with Gasteiger partial charge in [0.1, 0.15) is 6.04 Å². The predicted molar refractivity (Wildman–Crippen MR) is 71.5 cm³/mol. The number of aliphatic carboxylic acids is 1. The summed E-state index contributed by atoms with van der Waals surface area (Å²) in [5, 5.41) is 11.7. The molecule has 1 amide bonds. The van der Waals surface area contributed by atoms with Gasteiger partial charge in [0.15, 0.2) is 0 Å². The van der Waals surface area contributed by atoms with Gasteiger partial charge in [-0.25, -0.2) is 4.79 Å². The zero-order chi connectivity index (χ0) is 14.1. The minimum atomic E-state index is -0.953. The Morgan fingerprint density at radius 2 is 1.78 bits per heavy atom. The molecule has 18 heavy (non-hydrogen) atoms. The van der Waals surface area contributed by atoms with Crippen LogP contribution >= 0.6 is 0 Å². The number of carboxylic acids is 1. The fraction of sp³-hybridized carbons (Fsp3) is 0.846. The van der Waals surface area contributed by atoms with E-state index in [1.165, 1.54) is 0 Å². The number of carbonyl (C=O) groups is 2.